The number of hydrogen-bond donors (Lipinski definition) is 2. The molecule has 1 amide bonds. The Kier molecular flexibility index (Phi) is 9.00. The molecule has 2 N–H and O–H groups in total. The van der Waals surface area contributed by atoms with Crippen LogP contribution in [0, 0.1) is 23.4 Å². The molecule has 6 nitrogen and oxygen atoms in total. The summed E-state index contributed by atoms with van der Waals surface area (Å²) in [5.74, 6) is -4.32. The van der Waals surface area contributed by atoms with Gasteiger partial charge < -0.3 is 9.84 Å². The molecule has 1 aromatic heterocycles. The van der Waals surface area contributed by atoms with Crippen LogP contribution in [-0.2, 0) is 16.1 Å². The van der Waals surface area contributed by atoms with E-state index in [-0.39, 0.29) is 28.4 Å². The Labute approximate surface area is 210 Å². The second-order valence-electron chi connectivity index (χ2n) is 8.49. The van der Waals surface area contributed by atoms with E-state index in [1.165, 1.54) is 6.92 Å². The SMILES string of the molecule is C/C(=C\c1c(F)cc(C(=O)Nc2nc(-c3cccc(COCCC(C)C)c3F)cs2)cc1F)C(=O)O. The second-order valence-corrected chi connectivity index (χ2v) is 9.35. The van der Waals surface area contributed by atoms with Crippen LogP contribution in [-0.4, -0.2) is 28.6 Å². The highest BCUT2D eigenvalue weighted by atomic mass is 32.1. The minimum atomic E-state index is -1.32. The van der Waals surface area contributed by atoms with Crippen molar-refractivity contribution in [3.63, 3.8) is 0 Å². The summed E-state index contributed by atoms with van der Waals surface area (Å²) >= 11 is 1.03. The van der Waals surface area contributed by atoms with E-state index in [2.05, 4.69) is 24.1 Å². The number of rotatable bonds is 10. The zero-order chi connectivity index (χ0) is 26.4. The van der Waals surface area contributed by atoms with E-state index in [4.69, 9.17) is 9.84 Å². The molecule has 1 heterocycles. The van der Waals surface area contributed by atoms with E-state index in [1.54, 1.807) is 23.6 Å². The summed E-state index contributed by atoms with van der Waals surface area (Å²) in [6.45, 7) is 5.98. The van der Waals surface area contributed by atoms with E-state index in [0.29, 0.717) is 23.8 Å². The highest BCUT2D eigenvalue weighted by molar-refractivity contribution is 7.14. The van der Waals surface area contributed by atoms with Gasteiger partial charge in [-0.05, 0) is 43.5 Å². The first kappa shape index (κ1) is 27.1. The summed E-state index contributed by atoms with van der Waals surface area (Å²) in [4.78, 5) is 27.7. The number of nitrogens with zero attached hydrogens (tertiary/aromatic N) is 1. The average molecular weight is 519 g/mol. The Bertz CT molecular complexity index is 1280. The first-order chi connectivity index (χ1) is 17.1. The molecular weight excluding hydrogens is 493 g/mol. The van der Waals surface area contributed by atoms with Gasteiger partial charge in [0.15, 0.2) is 5.13 Å². The normalized spacial score (nSPS) is 11.7. The van der Waals surface area contributed by atoms with Crippen molar-refractivity contribution in [1.29, 1.82) is 0 Å². The number of aromatic nitrogens is 1. The summed E-state index contributed by atoms with van der Waals surface area (Å²) in [6.07, 6.45) is 1.71. The molecule has 2 aromatic carbocycles. The molecule has 0 spiro atoms. The summed E-state index contributed by atoms with van der Waals surface area (Å²) in [6, 6.07) is 6.48. The number of carboxylic acids is 1. The molecule has 3 aromatic rings. The molecule has 0 aliphatic carbocycles. The molecule has 0 bridgehead atoms. The van der Waals surface area contributed by atoms with Gasteiger partial charge in [-0.15, -0.1) is 11.3 Å². The number of carboxylic acid groups (broad SMARTS) is 1. The Morgan fingerprint density at radius 3 is 2.53 bits per heavy atom. The molecule has 190 valence electrons. The third-order valence-corrected chi connectivity index (χ3v) is 5.97. The zero-order valence-corrected chi connectivity index (χ0v) is 20.7. The fraction of sp³-hybridized carbons (Fsp3) is 0.269. The molecule has 3 rings (SSSR count). The van der Waals surface area contributed by atoms with E-state index >= 15 is 4.39 Å². The fourth-order valence-corrected chi connectivity index (χ4v) is 3.85. The van der Waals surface area contributed by atoms with Crippen molar-refractivity contribution < 1.29 is 32.6 Å². The minimum Gasteiger partial charge on any atom is -0.478 e. The van der Waals surface area contributed by atoms with Crippen molar-refractivity contribution in [2.24, 2.45) is 5.92 Å². The Morgan fingerprint density at radius 1 is 1.19 bits per heavy atom. The summed E-state index contributed by atoms with van der Waals surface area (Å²) < 4.78 is 49.3. The Morgan fingerprint density at radius 2 is 1.89 bits per heavy atom. The monoisotopic (exact) mass is 518 g/mol. The van der Waals surface area contributed by atoms with E-state index in [0.717, 1.165) is 36.0 Å². The molecule has 0 aliphatic heterocycles. The van der Waals surface area contributed by atoms with E-state index < -0.39 is 34.9 Å². The molecule has 0 saturated heterocycles. The number of amides is 1. The Hall–Kier alpha value is -3.50. The van der Waals surface area contributed by atoms with Gasteiger partial charge in [0.1, 0.15) is 17.5 Å². The van der Waals surface area contributed by atoms with Gasteiger partial charge in [0.2, 0.25) is 0 Å². The van der Waals surface area contributed by atoms with Gasteiger partial charge in [0, 0.05) is 39.8 Å². The maximum atomic E-state index is 15.0. The lowest BCUT2D eigenvalue weighted by molar-refractivity contribution is -0.132. The van der Waals surface area contributed by atoms with Gasteiger partial charge in [-0.1, -0.05) is 26.0 Å². The number of nitrogens with one attached hydrogen (secondary N) is 1. The second kappa shape index (κ2) is 12.0. The summed E-state index contributed by atoms with van der Waals surface area (Å²) in [7, 11) is 0. The molecule has 0 aliphatic rings. The van der Waals surface area contributed by atoms with Crippen LogP contribution in [0.2, 0.25) is 0 Å². The highest BCUT2D eigenvalue weighted by Crippen LogP contribution is 2.29. The van der Waals surface area contributed by atoms with Gasteiger partial charge in [-0.2, -0.15) is 0 Å². The minimum absolute atomic E-state index is 0.111. The van der Waals surface area contributed by atoms with E-state index in [1.807, 2.05) is 0 Å². The third kappa shape index (κ3) is 6.79. The number of anilines is 1. The first-order valence-corrected chi connectivity index (χ1v) is 12.0. The summed E-state index contributed by atoms with van der Waals surface area (Å²) in [5, 5.41) is 13.0. The largest absolute Gasteiger partial charge is 0.478 e. The number of thiazole rings is 1. The van der Waals surface area contributed by atoms with Crippen molar-refractivity contribution in [2.45, 2.75) is 33.8 Å². The van der Waals surface area contributed by atoms with Gasteiger partial charge >= 0.3 is 5.97 Å². The van der Waals surface area contributed by atoms with Gasteiger partial charge in [0.05, 0.1) is 12.3 Å². The van der Waals surface area contributed by atoms with Crippen LogP contribution in [0.5, 0.6) is 0 Å². The van der Waals surface area contributed by atoms with Gasteiger partial charge in [-0.3, -0.25) is 10.1 Å². The standard InChI is InChI=1S/C26H25F3N2O4S/c1-14(2)7-8-35-12-16-5-4-6-18(23(16)29)22-13-36-26(30-22)31-24(32)17-10-20(27)19(21(28)11-17)9-15(3)25(33)34/h4-6,9-11,13-14H,7-8,12H2,1-3H3,(H,33,34)(H,30,31,32)/b15-9+. The molecule has 0 atom stereocenters. The van der Waals surface area contributed by atoms with Crippen molar-refractivity contribution >= 4 is 34.4 Å². The third-order valence-electron chi connectivity index (χ3n) is 5.22. The zero-order valence-electron chi connectivity index (χ0n) is 19.9. The molecule has 0 radical (unpaired) electrons. The first-order valence-electron chi connectivity index (χ1n) is 11.1. The van der Waals surface area contributed by atoms with Crippen LogP contribution in [0.4, 0.5) is 18.3 Å². The van der Waals surface area contributed by atoms with Crippen molar-refractivity contribution in [2.75, 3.05) is 11.9 Å². The Balaban J connectivity index is 1.74. The average Bonchev–Trinajstić information content (AvgIpc) is 3.27. The maximum Gasteiger partial charge on any atom is 0.331 e. The topological polar surface area (TPSA) is 88.5 Å². The molecule has 36 heavy (non-hydrogen) atoms. The number of benzene rings is 2. The van der Waals surface area contributed by atoms with Crippen LogP contribution in [0.15, 0.2) is 41.3 Å². The lowest BCUT2D eigenvalue weighted by Gasteiger charge is -2.09. The van der Waals surface area contributed by atoms with Crippen molar-refractivity contribution in [1.82, 2.24) is 4.98 Å². The van der Waals surface area contributed by atoms with Crippen LogP contribution >= 0.6 is 11.3 Å². The molecule has 0 unspecified atom stereocenters. The molecule has 0 saturated carbocycles. The van der Waals surface area contributed by atoms with Gasteiger partial charge in [-0.25, -0.2) is 22.9 Å². The number of carbonyl (C=O) groups is 2. The molecular formula is C26H25F3N2O4S. The van der Waals surface area contributed by atoms with E-state index in [9.17, 15) is 18.4 Å². The highest BCUT2D eigenvalue weighted by Gasteiger charge is 2.18. The molecule has 0 fully saturated rings. The molecule has 10 heteroatoms. The van der Waals surface area contributed by atoms with Crippen molar-refractivity contribution in [3.8, 4) is 11.3 Å². The number of hydrogen-bond acceptors (Lipinski definition) is 5. The van der Waals surface area contributed by atoms with Crippen LogP contribution in [0.3, 0.4) is 0 Å². The van der Waals surface area contributed by atoms with Crippen molar-refractivity contribution in [3.05, 3.63) is 75.4 Å². The van der Waals surface area contributed by atoms with Crippen LogP contribution < -0.4 is 5.32 Å². The van der Waals surface area contributed by atoms with Crippen LogP contribution in [0.1, 0.15) is 48.7 Å². The lowest BCUT2D eigenvalue weighted by Crippen LogP contribution is -2.13. The number of carbonyl (C=O) groups excluding carboxylic acids is 1. The van der Waals surface area contributed by atoms with Crippen LogP contribution in [0.25, 0.3) is 17.3 Å². The number of aliphatic carboxylic acids is 1. The smallest absolute Gasteiger partial charge is 0.331 e. The number of ether oxygens (including phenoxy) is 1. The summed E-state index contributed by atoms with van der Waals surface area (Å²) in [5.41, 5.74) is -0.241. The predicted octanol–water partition coefficient (Wildman–Crippen LogP) is 6.53. The fourth-order valence-electron chi connectivity index (χ4n) is 3.15. The number of halogens is 3. The lowest BCUT2D eigenvalue weighted by atomic mass is 10.1. The maximum absolute atomic E-state index is 15.0. The quantitative estimate of drug-likeness (QED) is 0.235. The van der Waals surface area contributed by atoms with Gasteiger partial charge in [0.25, 0.3) is 5.91 Å². The predicted molar refractivity (Wildman–Crippen MR) is 132 cm³/mol.